The molecule has 1 saturated carbocycles. The molecule has 0 heterocycles. The normalized spacial score (nSPS) is 22.3. The van der Waals surface area contributed by atoms with Crippen LogP contribution in [0.1, 0.15) is 27.0 Å². The van der Waals surface area contributed by atoms with Gasteiger partial charge in [-0.2, -0.15) is 0 Å². The number of esters is 1. The fourth-order valence-electron chi connectivity index (χ4n) is 5.46. The third-order valence-corrected chi connectivity index (χ3v) is 8.07. The van der Waals surface area contributed by atoms with Crippen LogP contribution < -0.4 is 14.2 Å². The van der Waals surface area contributed by atoms with E-state index in [1.165, 1.54) is 0 Å². The maximum Gasteiger partial charge on any atom is 0.338 e. The van der Waals surface area contributed by atoms with E-state index in [2.05, 4.69) is 0 Å². The number of aliphatic hydroxyl groups excluding tert-OH is 2. The Morgan fingerprint density at radius 1 is 0.553 bits per heavy atom. The first-order chi connectivity index (χ1) is 22.9. The fraction of sp³-hybridized carbons (Fsp3) is 0.324. The minimum Gasteiger partial charge on any atom is -0.497 e. The lowest BCUT2D eigenvalue weighted by atomic mass is 9.84. The summed E-state index contributed by atoms with van der Waals surface area (Å²) in [5, 5.41) is 23.0. The maximum atomic E-state index is 13.3. The maximum absolute atomic E-state index is 13.3. The molecular formula is C37H40O10. The van der Waals surface area contributed by atoms with Gasteiger partial charge in [-0.3, -0.25) is 0 Å². The summed E-state index contributed by atoms with van der Waals surface area (Å²) in [5.74, 6) is 1.31. The van der Waals surface area contributed by atoms with Crippen molar-refractivity contribution in [3.8, 4) is 17.2 Å². The molecule has 0 aromatic heterocycles. The van der Waals surface area contributed by atoms with Crippen LogP contribution in [0.5, 0.6) is 17.2 Å². The van der Waals surface area contributed by atoms with E-state index in [-0.39, 0.29) is 25.4 Å². The average Bonchev–Trinajstić information content (AvgIpc) is 3.12. The highest BCUT2D eigenvalue weighted by atomic mass is 16.6. The van der Waals surface area contributed by atoms with E-state index in [9.17, 15) is 15.0 Å². The van der Waals surface area contributed by atoms with Crippen LogP contribution in [-0.2, 0) is 38.8 Å². The second-order valence-corrected chi connectivity index (χ2v) is 11.1. The van der Waals surface area contributed by atoms with Crippen molar-refractivity contribution in [1.82, 2.24) is 0 Å². The molecule has 4 aromatic rings. The second-order valence-electron chi connectivity index (χ2n) is 11.1. The fourth-order valence-corrected chi connectivity index (χ4v) is 5.46. The van der Waals surface area contributed by atoms with Gasteiger partial charge in [0.15, 0.2) is 6.10 Å². The molecule has 5 rings (SSSR count). The van der Waals surface area contributed by atoms with E-state index in [4.69, 9.17) is 33.2 Å². The second kappa shape index (κ2) is 16.4. The van der Waals surface area contributed by atoms with Gasteiger partial charge in [0.1, 0.15) is 47.8 Å². The third-order valence-electron chi connectivity index (χ3n) is 8.07. The van der Waals surface area contributed by atoms with Crippen molar-refractivity contribution in [3.63, 3.8) is 0 Å². The molecule has 6 atom stereocenters. The van der Waals surface area contributed by atoms with Gasteiger partial charge in [-0.05, 0) is 53.6 Å². The van der Waals surface area contributed by atoms with E-state index < -0.39 is 42.6 Å². The molecule has 0 bridgehead atoms. The first-order valence-corrected chi connectivity index (χ1v) is 15.3. The van der Waals surface area contributed by atoms with Crippen LogP contribution in [0.25, 0.3) is 0 Å². The molecule has 4 aromatic carbocycles. The van der Waals surface area contributed by atoms with Gasteiger partial charge >= 0.3 is 5.97 Å². The number of carbonyl (C=O) groups is 1. The average molecular weight is 645 g/mol. The molecule has 10 heteroatoms. The van der Waals surface area contributed by atoms with Gasteiger partial charge in [-0.1, -0.05) is 60.7 Å². The van der Waals surface area contributed by atoms with Crippen LogP contribution in [0.3, 0.4) is 0 Å². The van der Waals surface area contributed by atoms with Gasteiger partial charge in [-0.15, -0.1) is 0 Å². The topological polar surface area (TPSA) is 122 Å². The van der Waals surface area contributed by atoms with Gasteiger partial charge in [0.05, 0.1) is 46.7 Å². The third kappa shape index (κ3) is 8.48. The smallest absolute Gasteiger partial charge is 0.338 e. The highest BCUT2D eigenvalue weighted by Gasteiger charge is 2.54. The summed E-state index contributed by atoms with van der Waals surface area (Å²) >= 11 is 0. The highest BCUT2D eigenvalue weighted by molar-refractivity contribution is 5.89. The van der Waals surface area contributed by atoms with Crippen LogP contribution in [0.2, 0.25) is 0 Å². The summed E-state index contributed by atoms with van der Waals surface area (Å²) < 4.78 is 41.2. The van der Waals surface area contributed by atoms with Crippen LogP contribution in [0, 0.1) is 0 Å². The van der Waals surface area contributed by atoms with E-state index in [1.54, 1.807) is 51.7 Å². The molecule has 0 amide bonds. The molecule has 2 N–H and O–H groups in total. The van der Waals surface area contributed by atoms with Gasteiger partial charge in [0.25, 0.3) is 0 Å². The molecule has 0 unspecified atom stereocenters. The Hall–Kier alpha value is -4.45. The number of para-hydroxylation sites is 1. The molecule has 47 heavy (non-hydrogen) atoms. The van der Waals surface area contributed by atoms with Crippen LogP contribution in [-0.4, -0.2) is 74.1 Å². The standard InChI is InChI=1S/C37H40O10/c1-41-28-17-13-24(14-18-28)21-44-35-33(46-23-27-11-7-8-12-30(27)43-3)31(38)32(39)34(47-37(40)26-9-5-4-6-10-26)36(35)45-22-25-15-19-29(42-2)20-16-25/h4-20,31-36,38-39H,21-23H2,1-3H3/t31-,32+,33+,34+,35-,36-/m1/s1. The highest BCUT2D eigenvalue weighted by Crippen LogP contribution is 2.33. The molecule has 1 aliphatic rings. The first kappa shape index (κ1) is 33.9. The van der Waals surface area contributed by atoms with Crippen molar-refractivity contribution >= 4 is 5.97 Å². The van der Waals surface area contributed by atoms with E-state index in [1.807, 2.05) is 72.8 Å². The molecule has 0 saturated heterocycles. The molecule has 0 aliphatic heterocycles. The van der Waals surface area contributed by atoms with Crippen LogP contribution >= 0.6 is 0 Å². The number of benzene rings is 4. The van der Waals surface area contributed by atoms with Crippen molar-refractivity contribution in [2.75, 3.05) is 21.3 Å². The summed E-state index contributed by atoms with van der Waals surface area (Å²) in [4.78, 5) is 13.3. The number of ether oxygens (including phenoxy) is 7. The van der Waals surface area contributed by atoms with Crippen molar-refractivity contribution < 1.29 is 48.2 Å². The molecular weight excluding hydrogens is 604 g/mol. The van der Waals surface area contributed by atoms with E-state index in [0.717, 1.165) is 16.7 Å². The number of hydrogen-bond acceptors (Lipinski definition) is 10. The summed E-state index contributed by atoms with van der Waals surface area (Å²) in [6, 6.07) is 30.4. The molecule has 0 spiro atoms. The predicted molar refractivity (Wildman–Crippen MR) is 172 cm³/mol. The zero-order chi connectivity index (χ0) is 33.2. The van der Waals surface area contributed by atoms with Gasteiger partial charge in [0, 0.05) is 5.56 Å². The summed E-state index contributed by atoms with van der Waals surface area (Å²) in [7, 11) is 4.74. The van der Waals surface area contributed by atoms with Gasteiger partial charge in [0.2, 0.25) is 0 Å². The minimum atomic E-state index is -1.56. The largest absolute Gasteiger partial charge is 0.497 e. The predicted octanol–water partition coefficient (Wildman–Crippen LogP) is 4.73. The number of carbonyl (C=O) groups excluding carboxylic acids is 1. The Morgan fingerprint density at radius 2 is 1.04 bits per heavy atom. The van der Waals surface area contributed by atoms with Gasteiger partial charge in [-0.25, -0.2) is 4.79 Å². The van der Waals surface area contributed by atoms with Gasteiger partial charge < -0.3 is 43.4 Å². The Bertz CT molecular complexity index is 1540. The van der Waals surface area contributed by atoms with E-state index in [0.29, 0.717) is 17.2 Å². The minimum absolute atomic E-state index is 0.0422. The van der Waals surface area contributed by atoms with Crippen LogP contribution in [0.15, 0.2) is 103 Å². The summed E-state index contributed by atoms with van der Waals surface area (Å²) in [6.07, 6.45) is -7.49. The molecule has 1 fully saturated rings. The number of methoxy groups -OCH3 is 3. The van der Waals surface area contributed by atoms with E-state index >= 15 is 0 Å². The summed E-state index contributed by atoms with van der Waals surface area (Å²) in [6.45, 7) is 0.229. The molecule has 248 valence electrons. The molecule has 1 aliphatic carbocycles. The number of rotatable bonds is 14. The zero-order valence-electron chi connectivity index (χ0n) is 26.6. The molecule has 0 radical (unpaired) electrons. The number of aliphatic hydroxyl groups is 2. The lowest BCUT2D eigenvalue weighted by Gasteiger charge is -2.46. The Morgan fingerprint density at radius 3 is 1.60 bits per heavy atom. The Kier molecular flexibility index (Phi) is 11.8. The molecule has 10 nitrogen and oxygen atoms in total. The zero-order valence-corrected chi connectivity index (χ0v) is 26.6. The SMILES string of the molecule is COc1ccc(CO[C@H]2[C@H](OCc3ccc(OC)cc3)[C@@H](OC(=O)c3ccccc3)[C@@H](O)[C@@H](O)[C@@H]2OCc2ccccc2OC)cc1. The first-order valence-electron chi connectivity index (χ1n) is 15.3. The monoisotopic (exact) mass is 644 g/mol. The summed E-state index contributed by atoms with van der Waals surface area (Å²) in [5.41, 5.74) is 2.65. The van der Waals surface area contributed by atoms with Crippen molar-refractivity contribution in [2.45, 2.75) is 56.4 Å². The quantitative estimate of drug-likeness (QED) is 0.186. The Balaban J connectivity index is 1.47. The van der Waals surface area contributed by atoms with Crippen molar-refractivity contribution in [2.24, 2.45) is 0 Å². The van der Waals surface area contributed by atoms with Crippen molar-refractivity contribution in [1.29, 1.82) is 0 Å². The van der Waals surface area contributed by atoms with Crippen molar-refractivity contribution in [3.05, 3.63) is 125 Å². The van der Waals surface area contributed by atoms with Crippen LogP contribution in [0.4, 0.5) is 0 Å². The lowest BCUT2D eigenvalue weighted by molar-refractivity contribution is -0.262. The lowest BCUT2D eigenvalue weighted by Crippen LogP contribution is -2.66. The number of hydrogen-bond donors (Lipinski definition) is 2. The Labute approximate surface area is 274 Å².